The molecule has 0 amide bonds. The molecule has 118 valence electrons. The molecule has 1 heterocycles. The van der Waals surface area contributed by atoms with Crippen LogP contribution in [-0.4, -0.2) is 26.1 Å². The summed E-state index contributed by atoms with van der Waals surface area (Å²) < 4.78 is 15.7. The minimum Gasteiger partial charge on any atom is -0.497 e. The Bertz CT molecular complexity index is 766. The lowest BCUT2D eigenvalue weighted by Gasteiger charge is -2.07. The molecule has 0 radical (unpaired) electrons. The third-order valence-electron chi connectivity index (χ3n) is 3.47. The molecule has 3 rings (SSSR count). The molecule has 0 fully saturated rings. The molecule has 1 aliphatic rings. The maximum atomic E-state index is 12.2. The first-order valence-electron chi connectivity index (χ1n) is 6.89. The zero-order valence-corrected chi connectivity index (χ0v) is 13.3. The number of aliphatic imine (C=N–C) groups is 1. The average molecular weight is 332 g/mol. The van der Waals surface area contributed by atoms with E-state index in [0.29, 0.717) is 27.6 Å². The summed E-state index contributed by atoms with van der Waals surface area (Å²) in [6.45, 7) is 0. The van der Waals surface area contributed by atoms with Crippen molar-refractivity contribution in [3.8, 4) is 11.5 Å². The fourth-order valence-electron chi connectivity index (χ4n) is 2.31. The number of methoxy groups -OCH3 is 2. The number of hydrogen-bond donors (Lipinski definition) is 0. The molecule has 2 aromatic rings. The van der Waals surface area contributed by atoms with Crippen molar-refractivity contribution in [2.24, 2.45) is 4.99 Å². The molecule has 0 spiro atoms. The fraction of sp³-hybridized carbons (Fsp3) is 0.176. The summed E-state index contributed by atoms with van der Waals surface area (Å²) in [5.41, 5.74) is 1.22. The summed E-state index contributed by atoms with van der Waals surface area (Å²) in [5.74, 6) is 0.922. The van der Waals surface area contributed by atoms with Gasteiger partial charge in [-0.2, -0.15) is 0 Å². The molecule has 0 N–H and O–H groups in total. The molecule has 1 unspecified atom stereocenters. The van der Waals surface area contributed by atoms with E-state index in [2.05, 4.69) is 4.99 Å². The van der Waals surface area contributed by atoms with E-state index in [1.165, 1.54) is 0 Å². The normalized spacial score (nSPS) is 16.7. The molecule has 0 saturated heterocycles. The minimum atomic E-state index is -0.768. The van der Waals surface area contributed by atoms with E-state index in [4.69, 9.17) is 25.8 Å². The van der Waals surface area contributed by atoms with Crippen LogP contribution in [0.25, 0.3) is 0 Å². The third-order valence-corrected chi connectivity index (χ3v) is 3.81. The Morgan fingerprint density at radius 2 is 1.74 bits per heavy atom. The van der Waals surface area contributed by atoms with Gasteiger partial charge in [0.1, 0.15) is 11.5 Å². The van der Waals surface area contributed by atoms with Crippen molar-refractivity contribution < 1.29 is 19.0 Å². The van der Waals surface area contributed by atoms with Crippen LogP contribution in [0.2, 0.25) is 5.02 Å². The number of halogens is 1. The number of nitrogens with zero attached hydrogens (tertiary/aromatic N) is 1. The summed E-state index contributed by atoms with van der Waals surface area (Å²) in [5, 5.41) is 0.475. The fourth-order valence-corrected chi connectivity index (χ4v) is 2.54. The second kappa shape index (κ2) is 6.30. The van der Waals surface area contributed by atoms with Gasteiger partial charge in [0.05, 0.1) is 14.2 Å². The van der Waals surface area contributed by atoms with Crippen molar-refractivity contribution in [1.82, 2.24) is 0 Å². The summed E-state index contributed by atoms with van der Waals surface area (Å²) in [4.78, 5) is 16.5. The lowest BCUT2D eigenvalue weighted by atomic mass is 10.1. The Hall–Kier alpha value is -2.53. The van der Waals surface area contributed by atoms with E-state index in [1.54, 1.807) is 56.7 Å². The smallest absolute Gasteiger partial charge is 0.342 e. The predicted molar refractivity (Wildman–Crippen MR) is 86.4 cm³/mol. The molecule has 0 bridgehead atoms. The second-order valence-corrected chi connectivity index (χ2v) is 5.29. The first-order chi connectivity index (χ1) is 11.1. The quantitative estimate of drug-likeness (QED) is 0.806. The molecular formula is C17H14ClNO4. The first-order valence-corrected chi connectivity index (χ1v) is 7.27. The highest BCUT2D eigenvalue weighted by molar-refractivity contribution is 6.31. The highest BCUT2D eigenvalue weighted by atomic mass is 35.5. The molecule has 23 heavy (non-hydrogen) atoms. The van der Waals surface area contributed by atoms with Crippen LogP contribution < -0.4 is 9.47 Å². The Kier molecular flexibility index (Phi) is 4.21. The highest BCUT2D eigenvalue weighted by Crippen LogP contribution is 2.32. The van der Waals surface area contributed by atoms with E-state index >= 15 is 0 Å². The van der Waals surface area contributed by atoms with Crippen LogP contribution in [0.5, 0.6) is 11.5 Å². The highest BCUT2D eigenvalue weighted by Gasteiger charge is 2.32. The van der Waals surface area contributed by atoms with Gasteiger partial charge in [-0.25, -0.2) is 9.79 Å². The van der Waals surface area contributed by atoms with Gasteiger partial charge >= 0.3 is 5.97 Å². The van der Waals surface area contributed by atoms with Crippen LogP contribution in [-0.2, 0) is 9.53 Å². The average Bonchev–Trinajstić information content (AvgIpc) is 2.96. The number of carbonyl (C=O) groups excluding carboxylic acids is 1. The standard InChI is InChI=1S/C17H14ClNO4/c1-21-11-7-10(8-12(9-11)22-2)16-19-15(17(20)23-16)13-5-3-4-6-14(13)18/h3-9,15H,1-2H3. The molecule has 6 heteroatoms. The maximum Gasteiger partial charge on any atom is 0.342 e. The van der Waals surface area contributed by atoms with Crippen LogP contribution in [0.1, 0.15) is 17.2 Å². The number of hydrogen-bond acceptors (Lipinski definition) is 5. The summed E-state index contributed by atoms with van der Waals surface area (Å²) in [6, 6.07) is 11.5. The van der Waals surface area contributed by atoms with Crippen molar-refractivity contribution in [3.05, 3.63) is 58.6 Å². The third kappa shape index (κ3) is 3.00. The van der Waals surface area contributed by atoms with Gasteiger partial charge < -0.3 is 14.2 Å². The minimum absolute atomic E-state index is 0.220. The second-order valence-electron chi connectivity index (χ2n) is 4.88. The van der Waals surface area contributed by atoms with E-state index in [9.17, 15) is 4.79 Å². The zero-order valence-electron chi connectivity index (χ0n) is 12.6. The predicted octanol–water partition coefficient (Wildman–Crippen LogP) is 3.40. The SMILES string of the molecule is COc1cc(OC)cc(C2=NC(c3ccccc3Cl)C(=O)O2)c1. The lowest BCUT2D eigenvalue weighted by Crippen LogP contribution is -2.09. The zero-order chi connectivity index (χ0) is 16.4. The van der Waals surface area contributed by atoms with Crippen LogP contribution in [0.15, 0.2) is 47.5 Å². The van der Waals surface area contributed by atoms with Crippen LogP contribution >= 0.6 is 11.6 Å². The number of cyclic esters (lactones) is 1. The number of esters is 1. The topological polar surface area (TPSA) is 57.1 Å². The van der Waals surface area contributed by atoms with E-state index in [-0.39, 0.29) is 5.90 Å². The first kappa shape index (κ1) is 15.4. The number of ether oxygens (including phenoxy) is 3. The van der Waals surface area contributed by atoms with Gasteiger partial charge in [0, 0.05) is 22.2 Å². The van der Waals surface area contributed by atoms with E-state index in [0.717, 1.165) is 0 Å². The number of rotatable bonds is 4. The van der Waals surface area contributed by atoms with E-state index in [1.807, 2.05) is 0 Å². The van der Waals surface area contributed by atoms with Gasteiger partial charge in [-0.3, -0.25) is 0 Å². The molecular weight excluding hydrogens is 318 g/mol. The summed E-state index contributed by atoms with van der Waals surface area (Å²) >= 11 is 6.14. The monoisotopic (exact) mass is 331 g/mol. The van der Waals surface area contributed by atoms with Gasteiger partial charge in [-0.15, -0.1) is 0 Å². The molecule has 1 aliphatic heterocycles. The molecule has 0 aromatic heterocycles. The summed E-state index contributed by atoms with van der Waals surface area (Å²) in [6.07, 6.45) is 0. The molecule has 2 aromatic carbocycles. The Morgan fingerprint density at radius 3 is 2.35 bits per heavy atom. The Balaban J connectivity index is 2.00. The van der Waals surface area contributed by atoms with Gasteiger partial charge in [-0.05, 0) is 18.2 Å². The molecule has 5 nitrogen and oxygen atoms in total. The van der Waals surface area contributed by atoms with Crippen molar-refractivity contribution in [1.29, 1.82) is 0 Å². The largest absolute Gasteiger partial charge is 0.497 e. The number of carbonyl (C=O) groups is 1. The van der Waals surface area contributed by atoms with Crippen molar-refractivity contribution in [2.45, 2.75) is 6.04 Å². The molecule has 1 atom stereocenters. The van der Waals surface area contributed by atoms with Crippen LogP contribution in [0, 0.1) is 0 Å². The van der Waals surface area contributed by atoms with Crippen LogP contribution in [0.4, 0.5) is 0 Å². The van der Waals surface area contributed by atoms with Crippen LogP contribution in [0.3, 0.4) is 0 Å². The van der Waals surface area contributed by atoms with Gasteiger partial charge in [0.2, 0.25) is 5.90 Å². The van der Waals surface area contributed by atoms with Gasteiger partial charge in [-0.1, -0.05) is 29.8 Å². The van der Waals surface area contributed by atoms with Gasteiger partial charge in [0.15, 0.2) is 6.04 Å². The lowest BCUT2D eigenvalue weighted by molar-refractivity contribution is -0.135. The van der Waals surface area contributed by atoms with Crippen molar-refractivity contribution in [2.75, 3.05) is 14.2 Å². The van der Waals surface area contributed by atoms with Crippen molar-refractivity contribution in [3.63, 3.8) is 0 Å². The summed E-state index contributed by atoms with van der Waals surface area (Å²) in [7, 11) is 3.10. The van der Waals surface area contributed by atoms with E-state index < -0.39 is 12.0 Å². The van der Waals surface area contributed by atoms with Crippen molar-refractivity contribution >= 4 is 23.5 Å². The molecule has 0 saturated carbocycles. The molecule has 0 aliphatic carbocycles. The Morgan fingerprint density at radius 1 is 1.09 bits per heavy atom. The van der Waals surface area contributed by atoms with Gasteiger partial charge in [0.25, 0.3) is 0 Å². The Labute approximate surface area is 138 Å². The number of benzene rings is 2. The maximum absolute atomic E-state index is 12.2.